The van der Waals surface area contributed by atoms with E-state index in [9.17, 15) is 14.4 Å². The molecule has 0 atom stereocenters. The Bertz CT molecular complexity index is 923. The van der Waals surface area contributed by atoms with Gasteiger partial charge in [0.2, 0.25) is 5.91 Å². The van der Waals surface area contributed by atoms with Crippen molar-refractivity contribution in [3.05, 3.63) is 49.6 Å². The van der Waals surface area contributed by atoms with Crippen LogP contribution in [-0.4, -0.2) is 34.4 Å². The fourth-order valence-corrected chi connectivity index (χ4v) is 4.22. The van der Waals surface area contributed by atoms with Gasteiger partial charge in [-0.05, 0) is 51.3 Å². The van der Waals surface area contributed by atoms with Crippen molar-refractivity contribution in [2.75, 3.05) is 18.4 Å². The van der Waals surface area contributed by atoms with Crippen LogP contribution in [0.1, 0.15) is 45.8 Å². The minimum absolute atomic E-state index is 0.0250. The molecule has 144 valence electrons. The Kier molecular flexibility index (Phi) is 5.79. The topological polar surface area (TPSA) is 71.4 Å². The summed E-state index contributed by atoms with van der Waals surface area (Å²) in [7, 11) is 0. The smallest absolute Gasteiger partial charge is 0.307 e. The quantitative estimate of drug-likeness (QED) is 0.857. The van der Waals surface area contributed by atoms with Crippen molar-refractivity contribution >= 4 is 28.8 Å². The number of anilines is 1. The molecule has 0 radical (unpaired) electrons. The Balaban J connectivity index is 1.68. The average molecular weight is 388 g/mol. The maximum Gasteiger partial charge on any atom is 0.307 e. The molecule has 0 unspecified atom stereocenters. The first kappa shape index (κ1) is 19.4. The number of hydrogen-bond donors (Lipinski definition) is 1. The summed E-state index contributed by atoms with van der Waals surface area (Å²) in [5.41, 5.74) is 2.97. The molecule has 1 aromatic carbocycles. The molecule has 0 aliphatic carbocycles. The van der Waals surface area contributed by atoms with Crippen LogP contribution in [-0.2, 0) is 11.3 Å². The van der Waals surface area contributed by atoms with Gasteiger partial charge in [-0.3, -0.25) is 14.4 Å². The number of benzene rings is 1. The van der Waals surface area contributed by atoms with E-state index in [1.54, 1.807) is 16.7 Å². The third-order valence-electron chi connectivity index (χ3n) is 5.17. The third kappa shape index (κ3) is 4.13. The molecule has 27 heavy (non-hydrogen) atoms. The zero-order valence-electron chi connectivity index (χ0n) is 16.0. The van der Waals surface area contributed by atoms with Crippen molar-refractivity contribution in [1.82, 2.24) is 9.47 Å². The normalized spacial score (nSPS) is 13.8. The van der Waals surface area contributed by atoms with Crippen LogP contribution in [0.3, 0.4) is 0 Å². The second-order valence-corrected chi connectivity index (χ2v) is 8.10. The minimum Gasteiger partial charge on any atom is -0.339 e. The minimum atomic E-state index is -0.168. The first-order chi connectivity index (χ1) is 12.9. The molecule has 1 aliphatic rings. The SMILES string of the molecule is Cc1sc(=O)n(CCC(=O)Nc2cccc(C(=O)N3CCCC3)c2C)c1C. The van der Waals surface area contributed by atoms with E-state index < -0.39 is 0 Å². The van der Waals surface area contributed by atoms with Gasteiger partial charge in [-0.25, -0.2) is 0 Å². The Labute approximate surface area is 162 Å². The number of rotatable bonds is 5. The van der Waals surface area contributed by atoms with E-state index in [0.717, 1.165) is 42.1 Å². The molecule has 1 fully saturated rings. The maximum absolute atomic E-state index is 12.7. The van der Waals surface area contributed by atoms with E-state index in [0.29, 0.717) is 17.8 Å². The van der Waals surface area contributed by atoms with Crippen LogP contribution in [0.15, 0.2) is 23.0 Å². The second-order valence-electron chi connectivity index (χ2n) is 6.94. The van der Waals surface area contributed by atoms with Crippen molar-refractivity contribution in [2.45, 2.75) is 46.6 Å². The van der Waals surface area contributed by atoms with E-state index in [1.807, 2.05) is 31.7 Å². The standard InChI is InChI=1S/C20H25N3O3S/c1-13-16(19(25)22-10-4-5-11-22)7-6-8-17(13)21-18(24)9-12-23-14(2)15(3)27-20(23)26/h6-8H,4-5,9-12H2,1-3H3,(H,21,24). The number of carbonyl (C=O) groups is 2. The summed E-state index contributed by atoms with van der Waals surface area (Å²) in [6, 6.07) is 5.41. The lowest BCUT2D eigenvalue weighted by Crippen LogP contribution is -2.28. The number of nitrogens with one attached hydrogen (secondary N) is 1. The van der Waals surface area contributed by atoms with E-state index in [4.69, 9.17) is 0 Å². The van der Waals surface area contributed by atoms with Crippen molar-refractivity contribution in [3.63, 3.8) is 0 Å². The molecule has 3 rings (SSSR count). The summed E-state index contributed by atoms with van der Waals surface area (Å²) >= 11 is 1.20. The summed E-state index contributed by atoms with van der Waals surface area (Å²) < 4.78 is 1.64. The van der Waals surface area contributed by atoms with Gasteiger partial charge in [0.05, 0.1) is 0 Å². The third-order valence-corrected chi connectivity index (χ3v) is 6.17. The van der Waals surface area contributed by atoms with Crippen molar-refractivity contribution in [3.8, 4) is 0 Å². The number of aryl methyl sites for hydroxylation is 1. The fourth-order valence-electron chi connectivity index (χ4n) is 3.37. The highest BCUT2D eigenvalue weighted by molar-refractivity contribution is 7.09. The molecule has 0 spiro atoms. The zero-order valence-corrected chi connectivity index (χ0v) is 16.8. The highest BCUT2D eigenvalue weighted by Gasteiger charge is 2.22. The summed E-state index contributed by atoms with van der Waals surface area (Å²) in [5, 5.41) is 2.89. The molecule has 2 amide bonds. The van der Waals surface area contributed by atoms with E-state index >= 15 is 0 Å². The van der Waals surface area contributed by atoms with E-state index in [2.05, 4.69) is 5.32 Å². The van der Waals surface area contributed by atoms with Crippen LogP contribution in [0.2, 0.25) is 0 Å². The molecule has 2 heterocycles. The number of thiazole rings is 1. The van der Waals surface area contributed by atoms with Crippen LogP contribution in [0.5, 0.6) is 0 Å². The monoisotopic (exact) mass is 387 g/mol. The maximum atomic E-state index is 12.7. The summed E-state index contributed by atoms with van der Waals surface area (Å²) in [6.07, 6.45) is 2.30. The van der Waals surface area contributed by atoms with Crippen LogP contribution in [0.4, 0.5) is 5.69 Å². The number of nitrogens with zero attached hydrogens (tertiary/aromatic N) is 2. The first-order valence-corrected chi connectivity index (χ1v) is 10.1. The number of hydrogen-bond acceptors (Lipinski definition) is 4. The molecule has 2 aromatic rings. The van der Waals surface area contributed by atoms with Gasteiger partial charge in [-0.2, -0.15) is 0 Å². The summed E-state index contributed by atoms with van der Waals surface area (Å²) in [5.74, 6) is -0.143. The van der Waals surface area contributed by atoms with Gasteiger partial charge in [0, 0.05) is 47.9 Å². The van der Waals surface area contributed by atoms with Gasteiger partial charge in [-0.1, -0.05) is 17.4 Å². The number of amides is 2. The highest BCUT2D eigenvalue weighted by atomic mass is 32.1. The van der Waals surface area contributed by atoms with Crippen molar-refractivity contribution in [1.29, 1.82) is 0 Å². The Morgan fingerprint density at radius 1 is 1.15 bits per heavy atom. The molecule has 0 bridgehead atoms. The molecular formula is C20H25N3O3S. The predicted octanol–water partition coefficient (Wildman–Crippen LogP) is 3.10. The Morgan fingerprint density at radius 3 is 2.48 bits per heavy atom. The van der Waals surface area contributed by atoms with Gasteiger partial charge in [0.25, 0.3) is 5.91 Å². The average Bonchev–Trinajstić information content (AvgIpc) is 3.24. The Morgan fingerprint density at radius 2 is 1.85 bits per heavy atom. The molecule has 1 aliphatic heterocycles. The molecule has 1 N–H and O–H groups in total. The molecule has 0 saturated carbocycles. The summed E-state index contributed by atoms with van der Waals surface area (Å²) in [4.78, 5) is 39.8. The molecule has 6 nitrogen and oxygen atoms in total. The molecule has 1 saturated heterocycles. The van der Waals surface area contributed by atoms with Crippen LogP contribution in [0.25, 0.3) is 0 Å². The number of carbonyl (C=O) groups excluding carboxylic acids is 2. The predicted molar refractivity (Wildman–Crippen MR) is 108 cm³/mol. The zero-order chi connectivity index (χ0) is 19.6. The number of aromatic nitrogens is 1. The van der Waals surface area contributed by atoms with Crippen LogP contribution >= 0.6 is 11.3 Å². The lowest BCUT2D eigenvalue weighted by Gasteiger charge is -2.18. The highest BCUT2D eigenvalue weighted by Crippen LogP contribution is 2.22. The lowest BCUT2D eigenvalue weighted by atomic mass is 10.1. The van der Waals surface area contributed by atoms with Crippen LogP contribution < -0.4 is 10.2 Å². The van der Waals surface area contributed by atoms with Crippen LogP contribution in [0, 0.1) is 20.8 Å². The van der Waals surface area contributed by atoms with Crippen molar-refractivity contribution < 1.29 is 9.59 Å². The lowest BCUT2D eigenvalue weighted by molar-refractivity contribution is -0.116. The molecular weight excluding hydrogens is 362 g/mol. The molecule has 1 aromatic heterocycles. The fraction of sp³-hybridized carbons (Fsp3) is 0.450. The molecule has 7 heteroatoms. The second kappa shape index (κ2) is 8.08. The number of likely N-dealkylation sites (tertiary alicyclic amines) is 1. The van der Waals surface area contributed by atoms with E-state index in [1.165, 1.54) is 11.3 Å². The van der Waals surface area contributed by atoms with E-state index in [-0.39, 0.29) is 23.1 Å². The van der Waals surface area contributed by atoms with Gasteiger partial charge >= 0.3 is 4.87 Å². The Hall–Kier alpha value is -2.41. The summed E-state index contributed by atoms with van der Waals surface area (Å²) in [6.45, 7) is 7.60. The van der Waals surface area contributed by atoms with Gasteiger partial charge in [-0.15, -0.1) is 0 Å². The van der Waals surface area contributed by atoms with Gasteiger partial charge in [0.1, 0.15) is 0 Å². The van der Waals surface area contributed by atoms with Gasteiger partial charge < -0.3 is 14.8 Å². The first-order valence-electron chi connectivity index (χ1n) is 9.24. The van der Waals surface area contributed by atoms with Crippen molar-refractivity contribution in [2.24, 2.45) is 0 Å². The largest absolute Gasteiger partial charge is 0.339 e. The van der Waals surface area contributed by atoms with Gasteiger partial charge in [0.15, 0.2) is 0 Å².